The molecule has 20 heavy (non-hydrogen) atoms. The first-order chi connectivity index (χ1) is 8.94. The Bertz CT molecular complexity index is 539. The van der Waals surface area contributed by atoms with Crippen LogP contribution in [0.25, 0.3) is 0 Å². The molecule has 0 spiro atoms. The minimum absolute atomic E-state index is 0. The van der Waals surface area contributed by atoms with Crippen LogP contribution in [0.15, 0.2) is 24.3 Å². The highest BCUT2D eigenvalue weighted by Crippen LogP contribution is 2.16. The average molecular weight is 431 g/mol. The van der Waals surface area contributed by atoms with Gasteiger partial charge in [0, 0.05) is 15.7 Å². The van der Waals surface area contributed by atoms with Crippen LogP contribution in [0.1, 0.15) is 18.4 Å². The van der Waals surface area contributed by atoms with Gasteiger partial charge in [-0.2, -0.15) is 0 Å². The Balaban J connectivity index is 0.00000200. The van der Waals surface area contributed by atoms with E-state index in [0.717, 1.165) is 25.8 Å². The van der Waals surface area contributed by atoms with E-state index in [2.05, 4.69) is 50.8 Å². The molecule has 0 radical (unpaired) electrons. The summed E-state index contributed by atoms with van der Waals surface area (Å²) < 4.78 is 26.8. The minimum atomic E-state index is -3.15. The lowest BCUT2D eigenvalue weighted by Crippen LogP contribution is -2.54. The van der Waals surface area contributed by atoms with Crippen LogP contribution < -0.4 is 10.0 Å². The maximum Gasteiger partial charge on any atom is 0.209 e. The molecule has 114 valence electrons. The molecule has 2 atom stereocenters. The minimum Gasteiger partial charge on any atom is -0.312 e. The van der Waals surface area contributed by atoms with Crippen molar-refractivity contribution in [3.05, 3.63) is 33.4 Å². The molecule has 2 rings (SSSR count). The molecule has 1 aromatic rings. The molecule has 1 aliphatic heterocycles. The summed E-state index contributed by atoms with van der Waals surface area (Å²) in [6, 6.07) is 8.50. The van der Waals surface area contributed by atoms with E-state index in [1.54, 1.807) is 0 Å². The van der Waals surface area contributed by atoms with Crippen LogP contribution in [-0.4, -0.2) is 33.3 Å². The fourth-order valence-electron chi connectivity index (χ4n) is 2.50. The van der Waals surface area contributed by atoms with Gasteiger partial charge in [-0.25, -0.2) is 13.1 Å². The van der Waals surface area contributed by atoms with Gasteiger partial charge in [-0.1, -0.05) is 12.1 Å². The topological polar surface area (TPSA) is 58.2 Å². The highest BCUT2D eigenvalue weighted by atomic mass is 127. The predicted octanol–water partition coefficient (Wildman–Crippen LogP) is 1.93. The normalized spacial score (nSPS) is 23.1. The van der Waals surface area contributed by atoms with Gasteiger partial charge in [0.25, 0.3) is 0 Å². The Hall–Kier alpha value is 0.110. The first-order valence-electron chi connectivity index (χ1n) is 6.39. The average Bonchev–Trinajstić information content (AvgIpc) is 2.30. The van der Waals surface area contributed by atoms with Crippen LogP contribution in [0.3, 0.4) is 0 Å². The van der Waals surface area contributed by atoms with Crippen LogP contribution >= 0.6 is 35.0 Å². The Morgan fingerprint density at radius 1 is 1.45 bits per heavy atom. The van der Waals surface area contributed by atoms with Gasteiger partial charge in [-0.15, -0.1) is 12.4 Å². The fourth-order valence-corrected chi connectivity index (χ4v) is 3.94. The summed E-state index contributed by atoms with van der Waals surface area (Å²) in [4.78, 5) is 0. The van der Waals surface area contributed by atoms with Crippen LogP contribution in [-0.2, 0) is 16.4 Å². The third-order valence-electron chi connectivity index (χ3n) is 3.29. The van der Waals surface area contributed by atoms with Crippen LogP contribution in [0.5, 0.6) is 0 Å². The molecular formula is C13H20ClIN2O2S. The number of nitrogens with one attached hydrogen (secondary N) is 2. The lowest BCUT2D eigenvalue weighted by Gasteiger charge is -2.32. The third kappa shape index (κ3) is 5.85. The van der Waals surface area contributed by atoms with Crippen molar-refractivity contribution >= 4 is 45.0 Å². The molecule has 0 unspecified atom stereocenters. The summed E-state index contributed by atoms with van der Waals surface area (Å²) in [6.07, 6.45) is 3.98. The van der Waals surface area contributed by atoms with Gasteiger partial charge in [-0.05, 0) is 66.1 Å². The maximum atomic E-state index is 11.4. The van der Waals surface area contributed by atoms with E-state index in [-0.39, 0.29) is 24.5 Å². The molecule has 0 aromatic heterocycles. The molecule has 7 heteroatoms. The molecule has 0 bridgehead atoms. The second kappa shape index (κ2) is 7.93. The van der Waals surface area contributed by atoms with Crippen molar-refractivity contribution in [1.82, 2.24) is 10.0 Å². The number of rotatable bonds is 4. The van der Waals surface area contributed by atoms with Crippen molar-refractivity contribution in [2.24, 2.45) is 0 Å². The molecule has 1 heterocycles. The van der Waals surface area contributed by atoms with Crippen molar-refractivity contribution < 1.29 is 8.42 Å². The van der Waals surface area contributed by atoms with Crippen molar-refractivity contribution in [2.45, 2.75) is 31.3 Å². The lowest BCUT2D eigenvalue weighted by atomic mass is 9.93. The summed E-state index contributed by atoms with van der Waals surface area (Å²) in [5, 5.41) is 3.43. The second-order valence-electron chi connectivity index (χ2n) is 5.03. The second-order valence-corrected chi connectivity index (χ2v) is 8.06. The number of piperidine rings is 1. The summed E-state index contributed by atoms with van der Waals surface area (Å²) in [7, 11) is -3.15. The Morgan fingerprint density at radius 2 is 2.20 bits per heavy atom. The van der Waals surface area contributed by atoms with Gasteiger partial charge in [-0.3, -0.25) is 0 Å². The van der Waals surface area contributed by atoms with Crippen molar-refractivity contribution in [2.75, 3.05) is 12.8 Å². The fraction of sp³-hybridized carbons (Fsp3) is 0.538. The molecule has 0 saturated carbocycles. The number of hydrogen-bond acceptors (Lipinski definition) is 3. The highest BCUT2D eigenvalue weighted by molar-refractivity contribution is 14.1. The van der Waals surface area contributed by atoms with E-state index in [1.165, 1.54) is 15.4 Å². The zero-order valence-corrected chi connectivity index (χ0v) is 15.1. The van der Waals surface area contributed by atoms with Gasteiger partial charge in [0.15, 0.2) is 0 Å². The Morgan fingerprint density at radius 3 is 2.85 bits per heavy atom. The SMILES string of the molecule is CS(=O)(=O)N[C@H]1CCCN[C@H]1Cc1cccc(I)c1.Cl. The predicted molar refractivity (Wildman–Crippen MR) is 92.9 cm³/mol. The molecule has 0 amide bonds. The van der Waals surface area contributed by atoms with E-state index in [1.807, 2.05) is 6.07 Å². The molecule has 1 aliphatic rings. The van der Waals surface area contributed by atoms with Crippen LogP contribution in [0, 0.1) is 3.57 Å². The zero-order valence-electron chi connectivity index (χ0n) is 11.3. The van der Waals surface area contributed by atoms with Gasteiger partial charge < -0.3 is 5.32 Å². The van der Waals surface area contributed by atoms with E-state index >= 15 is 0 Å². The first-order valence-corrected chi connectivity index (χ1v) is 9.36. The number of sulfonamides is 1. The van der Waals surface area contributed by atoms with Crippen LogP contribution in [0.4, 0.5) is 0 Å². The smallest absolute Gasteiger partial charge is 0.209 e. The number of hydrogen-bond donors (Lipinski definition) is 2. The number of benzene rings is 1. The Labute approximate surface area is 140 Å². The first kappa shape index (κ1) is 18.2. The van der Waals surface area contributed by atoms with Crippen molar-refractivity contribution in [3.63, 3.8) is 0 Å². The summed E-state index contributed by atoms with van der Waals surface area (Å²) in [5.74, 6) is 0. The molecule has 1 aromatic carbocycles. The summed E-state index contributed by atoms with van der Waals surface area (Å²) in [6.45, 7) is 0.955. The van der Waals surface area contributed by atoms with Crippen molar-refractivity contribution in [1.29, 1.82) is 0 Å². The van der Waals surface area contributed by atoms with Gasteiger partial charge in [0.2, 0.25) is 10.0 Å². The van der Waals surface area contributed by atoms with E-state index in [0.29, 0.717) is 0 Å². The van der Waals surface area contributed by atoms with E-state index in [9.17, 15) is 8.42 Å². The van der Waals surface area contributed by atoms with E-state index < -0.39 is 10.0 Å². The standard InChI is InChI=1S/C13H19IN2O2S.ClH/c1-19(17,18)16-12-6-3-7-15-13(12)9-10-4-2-5-11(14)8-10;/h2,4-5,8,12-13,15-16H,3,6-7,9H2,1H3;1H/t12-,13-;/m0./s1. The van der Waals surface area contributed by atoms with Gasteiger partial charge >= 0.3 is 0 Å². The zero-order chi connectivity index (χ0) is 13.9. The maximum absolute atomic E-state index is 11.4. The van der Waals surface area contributed by atoms with E-state index in [4.69, 9.17) is 0 Å². The monoisotopic (exact) mass is 430 g/mol. The molecule has 1 saturated heterocycles. The largest absolute Gasteiger partial charge is 0.312 e. The van der Waals surface area contributed by atoms with Crippen LogP contribution in [0.2, 0.25) is 0 Å². The van der Waals surface area contributed by atoms with Gasteiger partial charge in [0.1, 0.15) is 0 Å². The molecular weight excluding hydrogens is 411 g/mol. The molecule has 0 aliphatic carbocycles. The molecule has 2 N–H and O–H groups in total. The van der Waals surface area contributed by atoms with Crippen molar-refractivity contribution in [3.8, 4) is 0 Å². The quantitative estimate of drug-likeness (QED) is 0.718. The van der Waals surface area contributed by atoms with Gasteiger partial charge in [0.05, 0.1) is 6.26 Å². The third-order valence-corrected chi connectivity index (χ3v) is 4.70. The highest BCUT2D eigenvalue weighted by Gasteiger charge is 2.27. The summed E-state index contributed by atoms with van der Waals surface area (Å²) >= 11 is 2.30. The molecule has 4 nitrogen and oxygen atoms in total. The lowest BCUT2D eigenvalue weighted by molar-refractivity contribution is 0.329. The Kier molecular flexibility index (Phi) is 7.20. The molecule has 1 fully saturated rings. The number of halogens is 2. The summed E-state index contributed by atoms with van der Waals surface area (Å²) in [5.41, 5.74) is 1.24.